The summed E-state index contributed by atoms with van der Waals surface area (Å²) in [6, 6.07) is 5.72. The number of ether oxygens (including phenoxy) is 1. The maximum atomic E-state index is 12.4. The smallest absolute Gasteiger partial charge is 0.231 e. The maximum absolute atomic E-state index is 12.4. The summed E-state index contributed by atoms with van der Waals surface area (Å²) in [5, 5.41) is 1.03. The first-order valence-corrected chi connectivity index (χ1v) is 7.77. The van der Waals surface area contributed by atoms with Crippen molar-refractivity contribution in [2.24, 2.45) is 0 Å². The molecule has 0 aliphatic carbocycles. The minimum atomic E-state index is -0.0496. The van der Waals surface area contributed by atoms with Gasteiger partial charge in [-0.1, -0.05) is 0 Å². The van der Waals surface area contributed by atoms with Gasteiger partial charge in [-0.2, -0.15) is 0 Å². The van der Waals surface area contributed by atoms with Crippen molar-refractivity contribution in [2.75, 3.05) is 27.7 Å². The summed E-state index contributed by atoms with van der Waals surface area (Å²) in [6.45, 7) is 2.41. The number of ketones is 1. The van der Waals surface area contributed by atoms with Crippen LogP contribution in [0.15, 0.2) is 24.4 Å². The average molecular weight is 316 g/mol. The fourth-order valence-electron chi connectivity index (χ4n) is 2.56. The molecule has 0 saturated carbocycles. The van der Waals surface area contributed by atoms with Gasteiger partial charge >= 0.3 is 0 Å². The lowest BCUT2D eigenvalue weighted by Crippen LogP contribution is -2.15. The summed E-state index contributed by atoms with van der Waals surface area (Å²) in [5.41, 5.74) is 1.98. The molecule has 5 heteroatoms. The SMILES string of the molecule is COc1ccc2c(c1)c(CCN(C)C)cn2C(=O)CCC(C)=O. The molecule has 1 aromatic carbocycles. The van der Waals surface area contributed by atoms with Crippen LogP contribution < -0.4 is 4.74 Å². The predicted molar refractivity (Wildman–Crippen MR) is 91.3 cm³/mol. The molecule has 0 N–H and O–H groups in total. The lowest BCUT2D eigenvalue weighted by atomic mass is 10.1. The minimum absolute atomic E-state index is 0.0318. The van der Waals surface area contributed by atoms with Gasteiger partial charge in [0.15, 0.2) is 0 Å². The van der Waals surface area contributed by atoms with Crippen LogP contribution in [-0.2, 0) is 11.2 Å². The van der Waals surface area contributed by atoms with Crippen molar-refractivity contribution in [1.29, 1.82) is 0 Å². The molecule has 0 unspecified atom stereocenters. The number of carbonyl (C=O) groups excluding carboxylic acids is 2. The Morgan fingerprint density at radius 2 is 1.96 bits per heavy atom. The van der Waals surface area contributed by atoms with Crippen LogP contribution in [0, 0.1) is 0 Å². The van der Waals surface area contributed by atoms with Crippen molar-refractivity contribution in [1.82, 2.24) is 9.47 Å². The molecule has 5 nitrogen and oxygen atoms in total. The van der Waals surface area contributed by atoms with E-state index < -0.39 is 0 Å². The highest BCUT2D eigenvalue weighted by molar-refractivity contribution is 5.96. The van der Waals surface area contributed by atoms with Gasteiger partial charge in [-0.3, -0.25) is 9.36 Å². The molecule has 0 atom stereocenters. The number of benzene rings is 1. The van der Waals surface area contributed by atoms with Crippen LogP contribution in [0.5, 0.6) is 5.75 Å². The van der Waals surface area contributed by atoms with E-state index in [1.54, 1.807) is 11.7 Å². The molecule has 0 amide bonds. The van der Waals surface area contributed by atoms with Gasteiger partial charge in [-0.15, -0.1) is 0 Å². The van der Waals surface area contributed by atoms with Crippen LogP contribution in [-0.4, -0.2) is 48.9 Å². The molecule has 0 saturated heterocycles. The number of fused-ring (bicyclic) bond motifs is 1. The number of methoxy groups -OCH3 is 1. The molecule has 2 aromatic rings. The largest absolute Gasteiger partial charge is 0.497 e. The summed E-state index contributed by atoms with van der Waals surface area (Å²) in [6.07, 6.45) is 3.26. The lowest BCUT2D eigenvalue weighted by Gasteiger charge is -2.08. The maximum Gasteiger partial charge on any atom is 0.231 e. The van der Waals surface area contributed by atoms with Crippen molar-refractivity contribution < 1.29 is 14.3 Å². The highest BCUT2D eigenvalue weighted by Crippen LogP contribution is 2.27. The van der Waals surface area contributed by atoms with Gasteiger partial charge in [0, 0.05) is 31.0 Å². The van der Waals surface area contributed by atoms with E-state index in [9.17, 15) is 9.59 Å². The second-order valence-corrected chi connectivity index (χ2v) is 6.06. The topological polar surface area (TPSA) is 51.5 Å². The van der Waals surface area contributed by atoms with Crippen molar-refractivity contribution >= 4 is 22.6 Å². The number of hydrogen-bond donors (Lipinski definition) is 0. The molecule has 1 heterocycles. The number of carbonyl (C=O) groups is 2. The summed E-state index contributed by atoms with van der Waals surface area (Å²) >= 11 is 0. The molecule has 2 rings (SSSR count). The summed E-state index contributed by atoms with van der Waals surface area (Å²) in [4.78, 5) is 25.7. The van der Waals surface area contributed by atoms with Gasteiger partial charge in [-0.25, -0.2) is 0 Å². The average Bonchev–Trinajstić information content (AvgIpc) is 2.88. The van der Waals surface area contributed by atoms with E-state index in [2.05, 4.69) is 4.90 Å². The molecular weight excluding hydrogens is 292 g/mol. The molecule has 0 aliphatic heterocycles. The molecule has 0 spiro atoms. The molecule has 124 valence electrons. The number of aromatic nitrogens is 1. The number of likely N-dealkylation sites (N-methyl/N-ethyl adjacent to an activating group) is 1. The van der Waals surface area contributed by atoms with E-state index in [0.29, 0.717) is 0 Å². The predicted octanol–water partition coefficient (Wildman–Crippen LogP) is 2.76. The van der Waals surface area contributed by atoms with E-state index >= 15 is 0 Å². The number of hydrogen-bond acceptors (Lipinski definition) is 4. The number of nitrogens with zero attached hydrogens (tertiary/aromatic N) is 2. The zero-order valence-corrected chi connectivity index (χ0v) is 14.3. The molecular formula is C18H24N2O3. The summed E-state index contributed by atoms with van der Waals surface area (Å²) < 4.78 is 6.97. The van der Waals surface area contributed by atoms with E-state index in [0.717, 1.165) is 35.2 Å². The Labute approximate surface area is 136 Å². The zero-order chi connectivity index (χ0) is 17.0. The minimum Gasteiger partial charge on any atom is -0.497 e. The van der Waals surface area contributed by atoms with E-state index in [4.69, 9.17) is 4.74 Å². The van der Waals surface area contributed by atoms with Crippen LogP contribution in [0.2, 0.25) is 0 Å². The quantitative estimate of drug-likeness (QED) is 0.788. The first-order chi connectivity index (χ1) is 10.9. The molecule has 0 radical (unpaired) electrons. The van der Waals surface area contributed by atoms with Crippen molar-refractivity contribution in [3.8, 4) is 5.75 Å². The van der Waals surface area contributed by atoms with Gasteiger partial charge in [0.25, 0.3) is 0 Å². The van der Waals surface area contributed by atoms with Crippen LogP contribution >= 0.6 is 0 Å². The van der Waals surface area contributed by atoms with Crippen LogP contribution in [0.3, 0.4) is 0 Å². The highest BCUT2D eigenvalue weighted by Gasteiger charge is 2.15. The van der Waals surface area contributed by atoms with Crippen molar-refractivity contribution in [2.45, 2.75) is 26.2 Å². The third kappa shape index (κ3) is 4.20. The molecule has 0 aliphatic rings. The Bertz CT molecular complexity index is 716. The fraction of sp³-hybridized carbons (Fsp3) is 0.444. The van der Waals surface area contributed by atoms with Gasteiger partial charge in [0.05, 0.1) is 12.6 Å². The molecule has 0 bridgehead atoms. The number of Topliss-reactive ketones (excluding diaryl/α,β-unsaturated/α-hetero) is 1. The highest BCUT2D eigenvalue weighted by atomic mass is 16.5. The second-order valence-electron chi connectivity index (χ2n) is 6.06. The van der Waals surface area contributed by atoms with Crippen molar-refractivity contribution in [3.05, 3.63) is 30.0 Å². The fourth-order valence-corrected chi connectivity index (χ4v) is 2.56. The molecule has 23 heavy (non-hydrogen) atoms. The third-order valence-corrected chi connectivity index (χ3v) is 3.88. The van der Waals surface area contributed by atoms with Gasteiger partial charge in [0.1, 0.15) is 11.5 Å². The van der Waals surface area contributed by atoms with Crippen molar-refractivity contribution in [3.63, 3.8) is 0 Å². The Balaban J connectivity index is 2.40. The second kappa shape index (κ2) is 7.42. The first-order valence-electron chi connectivity index (χ1n) is 7.77. The Morgan fingerprint density at radius 3 is 2.57 bits per heavy atom. The van der Waals surface area contributed by atoms with Gasteiger partial charge < -0.3 is 14.4 Å². The Hall–Kier alpha value is -2.14. The van der Waals surface area contributed by atoms with Crippen LogP contribution in [0.4, 0.5) is 0 Å². The summed E-state index contributed by atoms with van der Waals surface area (Å²) in [7, 11) is 5.69. The summed E-state index contributed by atoms with van der Waals surface area (Å²) in [5.74, 6) is 0.758. The van der Waals surface area contributed by atoms with E-state index in [1.165, 1.54) is 6.92 Å². The lowest BCUT2D eigenvalue weighted by molar-refractivity contribution is -0.117. The zero-order valence-electron chi connectivity index (χ0n) is 14.3. The Kier molecular flexibility index (Phi) is 5.55. The van der Waals surface area contributed by atoms with E-state index in [1.807, 2.05) is 38.5 Å². The number of rotatable bonds is 7. The monoisotopic (exact) mass is 316 g/mol. The van der Waals surface area contributed by atoms with Crippen LogP contribution in [0.1, 0.15) is 30.1 Å². The van der Waals surface area contributed by atoms with Gasteiger partial charge in [-0.05, 0) is 51.2 Å². The third-order valence-electron chi connectivity index (χ3n) is 3.88. The Morgan fingerprint density at radius 1 is 1.22 bits per heavy atom. The van der Waals surface area contributed by atoms with Gasteiger partial charge in [0.2, 0.25) is 5.91 Å². The first kappa shape index (κ1) is 17.2. The van der Waals surface area contributed by atoms with Crippen LogP contribution in [0.25, 0.3) is 10.9 Å². The van der Waals surface area contributed by atoms with E-state index in [-0.39, 0.29) is 24.5 Å². The molecule has 0 fully saturated rings. The molecule has 1 aromatic heterocycles. The standard InChI is InChI=1S/C18H24N2O3/c1-13(21)5-8-18(22)20-12-14(9-10-19(2)3)16-11-15(23-4)6-7-17(16)20/h6-7,11-12H,5,8-10H2,1-4H3. The normalized spacial score (nSPS) is 11.2.